The van der Waals surface area contributed by atoms with E-state index in [1.54, 1.807) is 18.0 Å². The van der Waals surface area contributed by atoms with Crippen LogP contribution in [0.2, 0.25) is 0 Å². The predicted octanol–water partition coefficient (Wildman–Crippen LogP) is 2.30. The van der Waals surface area contributed by atoms with E-state index in [-0.39, 0.29) is 5.92 Å². The molecule has 6 N–H and O–H groups in total. The van der Waals surface area contributed by atoms with E-state index in [1.807, 2.05) is 0 Å². The number of phosphoric ester groups is 1. The average molecular weight is 517 g/mol. The van der Waals surface area contributed by atoms with Crippen molar-refractivity contribution in [1.29, 1.82) is 0 Å². The van der Waals surface area contributed by atoms with Gasteiger partial charge in [0.25, 0.3) is 0 Å². The number of phosphoric acid groups is 1. The van der Waals surface area contributed by atoms with Crippen molar-refractivity contribution in [3.8, 4) is 0 Å². The molecule has 1 saturated heterocycles. The van der Waals surface area contributed by atoms with Crippen molar-refractivity contribution in [2.75, 3.05) is 18.1 Å². The van der Waals surface area contributed by atoms with Gasteiger partial charge in [-0.15, -0.1) is 0 Å². The smallest absolute Gasteiger partial charge is 0.388 e. The number of aromatic nitrogens is 2. The van der Waals surface area contributed by atoms with Crippen LogP contribution >= 0.6 is 19.6 Å². The van der Waals surface area contributed by atoms with Crippen molar-refractivity contribution < 1.29 is 33.8 Å². The van der Waals surface area contributed by atoms with E-state index in [0.29, 0.717) is 29.5 Å². The van der Waals surface area contributed by atoms with Gasteiger partial charge in [0, 0.05) is 17.9 Å². The van der Waals surface area contributed by atoms with Gasteiger partial charge in [-0.05, 0) is 25.2 Å². The minimum absolute atomic E-state index is 0.128. The van der Waals surface area contributed by atoms with E-state index in [2.05, 4.69) is 14.5 Å². The molecule has 5 atom stereocenters. The first-order valence-electron chi connectivity index (χ1n) is 11.8. The summed E-state index contributed by atoms with van der Waals surface area (Å²) in [5, 5.41) is 21.1. The van der Waals surface area contributed by atoms with Crippen LogP contribution in [0.5, 0.6) is 0 Å². The minimum Gasteiger partial charge on any atom is -0.388 e. The van der Waals surface area contributed by atoms with Gasteiger partial charge < -0.3 is 30.5 Å². The normalized spacial score (nSPS) is 29.6. The number of hydrogen-bond donors (Lipinski definition) is 5. The van der Waals surface area contributed by atoms with Crippen LogP contribution in [0, 0.1) is 5.92 Å². The molecule has 0 radical (unpaired) electrons. The van der Waals surface area contributed by atoms with Gasteiger partial charge in [0.15, 0.2) is 11.0 Å². The molecule has 190 valence electrons. The van der Waals surface area contributed by atoms with Crippen LogP contribution in [-0.4, -0.2) is 73.0 Å². The molecule has 13 heteroatoms. The molecule has 2 fully saturated rings. The SMILES string of the molecule is Nc1nc(SCCC2CCCCC2)nc2c1N=CC2CCC1O[C@H](COP(=O)(O)O)[C@@H](O)[C@H]1O. The molecule has 1 aromatic rings. The van der Waals surface area contributed by atoms with E-state index in [1.165, 1.54) is 32.1 Å². The van der Waals surface area contributed by atoms with Gasteiger partial charge in [-0.1, -0.05) is 43.9 Å². The second-order valence-corrected chi connectivity index (χ2v) is 11.5. The van der Waals surface area contributed by atoms with Crippen molar-refractivity contribution in [1.82, 2.24) is 9.97 Å². The zero-order chi connectivity index (χ0) is 24.3. The standard InChI is InChI=1S/C21H33N4O7PS/c22-20-17-16(24-21(25-20)34-9-8-12-4-2-1-3-5-12)13(10-23-17)6-7-14-18(26)19(27)15(32-14)11-31-33(28,29)30/h10,12-15,18-19,26-27H,1-9,11H2,(H2,22,24,25)(H2,28,29,30)/t13?,14?,15-,18+,19-/m1/s1. The Kier molecular flexibility index (Phi) is 8.63. The van der Waals surface area contributed by atoms with Crippen LogP contribution in [0.1, 0.15) is 63.0 Å². The lowest BCUT2D eigenvalue weighted by molar-refractivity contribution is -0.0241. The molecule has 34 heavy (non-hydrogen) atoms. The number of hydrogen-bond acceptors (Lipinski definition) is 10. The molecular weight excluding hydrogens is 483 g/mol. The molecule has 0 aromatic carbocycles. The topological polar surface area (TPSA) is 181 Å². The third-order valence-electron chi connectivity index (χ3n) is 6.76. The van der Waals surface area contributed by atoms with E-state index < -0.39 is 38.8 Å². The number of anilines is 1. The second kappa shape index (κ2) is 11.3. The lowest BCUT2D eigenvalue weighted by Gasteiger charge is -2.21. The summed E-state index contributed by atoms with van der Waals surface area (Å²) in [6, 6.07) is 0. The highest BCUT2D eigenvalue weighted by Gasteiger charge is 2.43. The first-order valence-corrected chi connectivity index (χ1v) is 14.3. The van der Waals surface area contributed by atoms with Crippen LogP contribution in [0.3, 0.4) is 0 Å². The molecule has 2 aliphatic heterocycles. The van der Waals surface area contributed by atoms with Crippen LogP contribution < -0.4 is 5.73 Å². The molecule has 4 rings (SSSR count). The fourth-order valence-electron chi connectivity index (χ4n) is 4.88. The summed E-state index contributed by atoms with van der Waals surface area (Å²) in [7, 11) is -4.70. The summed E-state index contributed by atoms with van der Waals surface area (Å²) >= 11 is 1.61. The number of ether oxygens (including phenoxy) is 1. The van der Waals surface area contributed by atoms with Crippen LogP contribution in [-0.2, 0) is 13.8 Å². The number of nitrogens with zero attached hydrogens (tertiary/aromatic N) is 3. The second-order valence-electron chi connectivity index (χ2n) is 9.21. The summed E-state index contributed by atoms with van der Waals surface area (Å²) < 4.78 is 20.9. The van der Waals surface area contributed by atoms with Crippen molar-refractivity contribution in [3.63, 3.8) is 0 Å². The fraction of sp³-hybridized carbons (Fsp3) is 0.762. The molecule has 1 aliphatic carbocycles. The molecule has 2 unspecified atom stereocenters. The number of nitrogens with two attached hydrogens (primary N) is 1. The first-order chi connectivity index (χ1) is 16.2. The molecule has 0 spiro atoms. The lowest BCUT2D eigenvalue weighted by atomic mass is 9.88. The average Bonchev–Trinajstić information content (AvgIpc) is 3.32. The third kappa shape index (κ3) is 6.55. The Labute approximate surface area is 202 Å². The molecule has 3 aliphatic rings. The highest BCUT2D eigenvalue weighted by atomic mass is 32.2. The Morgan fingerprint density at radius 2 is 1.82 bits per heavy atom. The quantitative estimate of drug-likeness (QED) is 0.175. The van der Waals surface area contributed by atoms with Gasteiger partial charge in [0.05, 0.1) is 18.4 Å². The summed E-state index contributed by atoms with van der Waals surface area (Å²) in [6.45, 7) is -0.516. The molecule has 1 aromatic heterocycles. The van der Waals surface area contributed by atoms with E-state index in [9.17, 15) is 14.8 Å². The number of fused-ring (bicyclic) bond motifs is 1. The number of aliphatic hydroxyl groups is 2. The van der Waals surface area contributed by atoms with Gasteiger partial charge in [0.2, 0.25) is 0 Å². The number of rotatable bonds is 10. The minimum atomic E-state index is -4.70. The molecule has 3 heterocycles. The maximum atomic E-state index is 10.9. The van der Waals surface area contributed by atoms with Crippen molar-refractivity contribution in [2.24, 2.45) is 10.9 Å². The first kappa shape index (κ1) is 26.0. The summed E-state index contributed by atoms with van der Waals surface area (Å²) in [5.41, 5.74) is 7.46. The molecule has 11 nitrogen and oxygen atoms in total. The van der Waals surface area contributed by atoms with Crippen molar-refractivity contribution >= 4 is 37.3 Å². The van der Waals surface area contributed by atoms with E-state index in [4.69, 9.17) is 25.2 Å². The molecular formula is C21H33N4O7PS. The van der Waals surface area contributed by atoms with Crippen molar-refractivity contribution in [3.05, 3.63) is 5.69 Å². The van der Waals surface area contributed by atoms with Crippen LogP contribution in [0.15, 0.2) is 10.1 Å². The number of nitrogen functional groups attached to an aromatic ring is 1. The maximum absolute atomic E-state index is 10.9. The Morgan fingerprint density at radius 3 is 2.56 bits per heavy atom. The van der Waals surface area contributed by atoms with Gasteiger partial charge in [0.1, 0.15) is 24.0 Å². The zero-order valence-corrected chi connectivity index (χ0v) is 20.6. The van der Waals surface area contributed by atoms with Crippen molar-refractivity contribution in [2.45, 2.75) is 86.9 Å². The third-order valence-corrected chi connectivity index (χ3v) is 8.13. The number of aliphatic imine (C=N–C) groups is 1. The summed E-state index contributed by atoms with van der Waals surface area (Å²) in [5.74, 6) is 1.96. The Bertz CT molecular complexity index is 927. The Balaban J connectivity index is 1.31. The zero-order valence-electron chi connectivity index (χ0n) is 18.9. The predicted molar refractivity (Wildman–Crippen MR) is 127 cm³/mol. The number of aliphatic hydroxyl groups excluding tert-OH is 2. The highest BCUT2D eigenvalue weighted by Crippen LogP contribution is 2.40. The fourth-order valence-corrected chi connectivity index (χ4v) is 6.18. The molecule has 0 amide bonds. The van der Waals surface area contributed by atoms with E-state index in [0.717, 1.165) is 23.8 Å². The monoisotopic (exact) mass is 516 g/mol. The molecule has 0 bridgehead atoms. The van der Waals surface area contributed by atoms with Gasteiger partial charge in [-0.3, -0.25) is 9.52 Å². The highest BCUT2D eigenvalue weighted by molar-refractivity contribution is 7.99. The Morgan fingerprint density at radius 1 is 1.09 bits per heavy atom. The number of thioether (sulfide) groups is 1. The van der Waals surface area contributed by atoms with E-state index >= 15 is 0 Å². The summed E-state index contributed by atoms with van der Waals surface area (Å²) in [4.78, 5) is 31.2. The van der Waals surface area contributed by atoms with Crippen LogP contribution in [0.25, 0.3) is 0 Å². The molecule has 1 saturated carbocycles. The summed E-state index contributed by atoms with van der Waals surface area (Å²) in [6.07, 6.45) is 6.22. The van der Waals surface area contributed by atoms with Gasteiger partial charge in [-0.2, -0.15) is 0 Å². The van der Waals surface area contributed by atoms with Gasteiger partial charge in [-0.25, -0.2) is 14.5 Å². The van der Waals surface area contributed by atoms with Crippen LogP contribution in [0.4, 0.5) is 11.5 Å². The van der Waals surface area contributed by atoms with Gasteiger partial charge >= 0.3 is 7.82 Å². The largest absolute Gasteiger partial charge is 0.469 e. The lowest BCUT2D eigenvalue weighted by Crippen LogP contribution is -2.34. The maximum Gasteiger partial charge on any atom is 0.469 e. The Hall–Kier alpha value is -1.11.